The van der Waals surface area contributed by atoms with Crippen LogP contribution in [-0.2, 0) is 0 Å². The van der Waals surface area contributed by atoms with Crippen LogP contribution in [0.25, 0.3) is 0 Å². The number of hydrogen-bond donors (Lipinski definition) is 0. The molecule has 0 aliphatic heterocycles. The number of likely N-dealkylation sites (N-methyl/N-ethyl adjacent to an activating group) is 1. The maximum Gasteiger partial charge on any atom is 0.161 e. The zero-order chi connectivity index (χ0) is 15.9. The molecule has 0 aliphatic carbocycles. The lowest BCUT2D eigenvalue weighted by atomic mass is 10.2. The van der Waals surface area contributed by atoms with Crippen LogP contribution in [0.2, 0.25) is 5.02 Å². The summed E-state index contributed by atoms with van der Waals surface area (Å²) in [6.07, 6.45) is 0. The van der Waals surface area contributed by atoms with Crippen molar-refractivity contribution in [3.63, 3.8) is 0 Å². The predicted molar refractivity (Wildman–Crippen MR) is 87.9 cm³/mol. The highest BCUT2D eigenvalue weighted by molar-refractivity contribution is 6.32. The molecule has 0 aromatic heterocycles. The third kappa shape index (κ3) is 3.84. The molecule has 4 nitrogen and oxygen atoms in total. The highest BCUT2D eigenvalue weighted by atomic mass is 35.5. The molecule has 0 radical (unpaired) electrons. The summed E-state index contributed by atoms with van der Waals surface area (Å²) in [5, 5.41) is 9.34. The van der Waals surface area contributed by atoms with E-state index in [-0.39, 0.29) is 0 Å². The van der Waals surface area contributed by atoms with Crippen molar-refractivity contribution in [1.29, 1.82) is 5.26 Å². The number of anilines is 1. The first kappa shape index (κ1) is 16.0. The summed E-state index contributed by atoms with van der Waals surface area (Å²) in [5.74, 6) is 1.43. The molecule has 0 N–H and O–H groups in total. The van der Waals surface area contributed by atoms with Gasteiger partial charge in [0.05, 0.1) is 24.2 Å². The molecular weight excluding hydrogens is 300 g/mol. The molecule has 0 fully saturated rings. The summed E-state index contributed by atoms with van der Waals surface area (Å²) < 4.78 is 11.0. The molecule has 114 valence electrons. The quantitative estimate of drug-likeness (QED) is 0.814. The van der Waals surface area contributed by atoms with E-state index >= 15 is 0 Å². The van der Waals surface area contributed by atoms with E-state index < -0.39 is 0 Å². The second kappa shape index (κ2) is 7.58. The third-order valence-electron chi connectivity index (χ3n) is 3.27. The molecule has 2 aromatic carbocycles. The largest absolute Gasteiger partial charge is 0.493 e. The van der Waals surface area contributed by atoms with Gasteiger partial charge in [0.25, 0.3) is 0 Å². The minimum Gasteiger partial charge on any atom is -0.493 e. The maximum atomic E-state index is 8.88. The molecule has 0 heterocycles. The Morgan fingerprint density at radius 2 is 1.91 bits per heavy atom. The van der Waals surface area contributed by atoms with Crippen LogP contribution in [-0.4, -0.2) is 27.3 Å². The zero-order valence-electron chi connectivity index (χ0n) is 12.5. The number of nitriles is 1. The van der Waals surface area contributed by atoms with E-state index in [0.29, 0.717) is 29.5 Å². The second-order valence-corrected chi connectivity index (χ2v) is 5.10. The summed E-state index contributed by atoms with van der Waals surface area (Å²) in [6, 6.07) is 15.0. The number of nitrogens with zero attached hydrogens (tertiary/aromatic N) is 2. The molecule has 2 aromatic rings. The number of hydrogen-bond acceptors (Lipinski definition) is 4. The Kier molecular flexibility index (Phi) is 5.51. The lowest BCUT2D eigenvalue weighted by molar-refractivity contribution is 0.301. The molecule has 0 spiro atoms. The van der Waals surface area contributed by atoms with Crippen molar-refractivity contribution in [1.82, 2.24) is 0 Å². The molecule has 0 bridgehead atoms. The van der Waals surface area contributed by atoms with Crippen LogP contribution in [0.15, 0.2) is 42.5 Å². The van der Waals surface area contributed by atoms with Gasteiger partial charge in [-0.15, -0.1) is 0 Å². The summed E-state index contributed by atoms with van der Waals surface area (Å²) in [7, 11) is 3.57. The first-order valence-electron chi connectivity index (χ1n) is 6.82. The number of methoxy groups -OCH3 is 1. The summed E-state index contributed by atoms with van der Waals surface area (Å²) >= 11 is 6.05. The maximum absolute atomic E-state index is 8.88. The third-order valence-corrected chi connectivity index (χ3v) is 3.58. The van der Waals surface area contributed by atoms with Crippen LogP contribution >= 0.6 is 11.6 Å². The zero-order valence-corrected chi connectivity index (χ0v) is 13.3. The average molecular weight is 317 g/mol. The van der Waals surface area contributed by atoms with Crippen molar-refractivity contribution in [3.05, 3.63) is 53.1 Å². The molecule has 0 saturated carbocycles. The molecular formula is C17H17ClN2O2. The Bertz CT molecular complexity index is 683. The molecule has 5 heteroatoms. The first-order chi connectivity index (χ1) is 10.7. The summed E-state index contributed by atoms with van der Waals surface area (Å²) in [5.41, 5.74) is 1.41. The fraction of sp³-hybridized carbons (Fsp3) is 0.235. The minimum atomic E-state index is 0.456. The van der Waals surface area contributed by atoms with Gasteiger partial charge in [0.15, 0.2) is 11.5 Å². The van der Waals surface area contributed by atoms with E-state index in [4.69, 9.17) is 26.3 Å². The Hall–Kier alpha value is -2.38. The van der Waals surface area contributed by atoms with Crippen molar-refractivity contribution in [3.8, 4) is 17.6 Å². The number of benzene rings is 2. The van der Waals surface area contributed by atoms with Gasteiger partial charge in [-0.25, -0.2) is 0 Å². The standard InChI is InChI=1S/C17H17ClN2O2/c1-20(14-8-7-13(12-19)15(18)11-14)9-10-22-17-6-4-3-5-16(17)21-2/h3-8,11H,9-10H2,1-2H3. The van der Waals surface area contributed by atoms with Gasteiger partial charge in [-0.1, -0.05) is 23.7 Å². The van der Waals surface area contributed by atoms with Crippen LogP contribution in [0.1, 0.15) is 5.56 Å². The molecule has 0 aliphatic rings. The van der Waals surface area contributed by atoms with E-state index in [1.165, 1.54) is 0 Å². The van der Waals surface area contributed by atoms with Gasteiger partial charge in [-0.05, 0) is 30.3 Å². The minimum absolute atomic E-state index is 0.456. The van der Waals surface area contributed by atoms with Crippen molar-refractivity contribution in [2.24, 2.45) is 0 Å². The van der Waals surface area contributed by atoms with E-state index in [9.17, 15) is 0 Å². The van der Waals surface area contributed by atoms with Gasteiger partial charge in [-0.2, -0.15) is 5.26 Å². The van der Waals surface area contributed by atoms with Crippen molar-refractivity contribution < 1.29 is 9.47 Å². The van der Waals surface area contributed by atoms with Crippen LogP contribution in [0.3, 0.4) is 0 Å². The fourth-order valence-electron chi connectivity index (χ4n) is 1.99. The van der Waals surface area contributed by atoms with E-state index in [1.807, 2.05) is 48.3 Å². The van der Waals surface area contributed by atoms with Gasteiger partial charge in [0, 0.05) is 12.7 Å². The van der Waals surface area contributed by atoms with E-state index in [2.05, 4.69) is 0 Å². The molecule has 0 unspecified atom stereocenters. The summed E-state index contributed by atoms with van der Waals surface area (Å²) in [6.45, 7) is 1.19. The molecule has 22 heavy (non-hydrogen) atoms. The van der Waals surface area contributed by atoms with Gasteiger partial charge in [-0.3, -0.25) is 0 Å². The lowest BCUT2D eigenvalue weighted by Gasteiger charge is -2.20. The predicted octanol–water partition coefficient (Wildman–Crippen LogP) is 3.74. The summed E-state index contributed by atoms with van der Waals surface area (Å²) in [4.78, 5) is 2.02. The van der Waals surface area contributed by atoms with Gasteiger partial charge < -0.3 is 14.4 Å². The van der Waals surface area contributed by atoms with E-state index in [1.54, 1.807) is 19.2 Å². The number of ether oxygens (including phenoxy) is 2. The topological polar surface area (TPSA) is 45.5 Å². The first-order valence-corrected chi connectivity index (χ1v) is 7.20. The Balaban J connectivity index is 1.94. The molecule has 2 rings (SSSR count). The van der Waals surface area contributed by atoms with Crippen molar-refractivity contribution in [2.45, 2.75) is 0 Å². The molecule has 0 saturated heterocycles. The Morgan fingerprint density at radius 3 is 2.55 bits per heavy atom. The van der Waals surface area contributed by atoms with Gasteiger partial charge in [0.1, 0.15) is 12.7 Å². The number of rotatable bonds is 6. The van der Waals surface area contributed by atoms with Gasteiger partial charge >= 0.3 is 0 Å². The highest BCUT2D eigenvalue weighted by Gasteiger charge is 2.07. The SMILES string of the molecule is COc1ccccc1OCCN(C)c1ccc(C#N)c(Cl)c1. The molecule has 0 amide bonds. The molecule has 0 atom stereocenters. The average Bonchev–Trinajstić information content (AvgIpc) is 2.55. The highest BCUT2D eigenvalue weighted by Crippen LogP contribution is 2.26. The second-order valence-electron chi connectivity index (χ2n) is 4.70. The van der Waals surface area contributed by atoms with Gasteiger partial charge in [0.2, 0.25) is 0 Å². The Morgan fingerprint density at radius 1 is 1.18 bits per heavy atom. The monoisotopic (exact) mass is 316 g/mol. The normalized spacial score (nSPS) is 9.91. The van der Waals surface area contributed by atoms with Crippen molar-refractivity contribution >= 4 is 17.3 Å². The smallest absolute Gasteiger partial charge is 0.161 e. The Labute approximate surface area is 135 Å². The fourth-order valence-corrected chi connectivity index (χ4v) is 2.21. The number of para-hydroxylation sites is 2. The van der Waals surface area contributed by atoms with Crippen LogP contribution in [0, 0.1) is 11.3 Å². The van der Waals surface area contributed by atoms with Crippen LogP contribution < -0.4 is 14.4 Å². The van der Waals surface area contributed by atoms with Crippen LogP contribution in [0.4, 0.5) is 5.69 Å². The van der Waals surface area contributed by atoms with Crippen LogP contribution in [0.5, 0.6) is 11.5 Å². The number of halogens is 1. The van der Waals surface area contributed by atoms with E-state index in [0.717, 1.165) is 11.4 Å². The lowest BCUT2D eigenvalue weighted by Crippen LogP contribution is -2.23. The van der Waals surface area contributed by atoms with Crippen molar-refractivity contribution in [2.75, 3.05) is 32.2 Å².